The topological polar surface area (TPSA) is 194 Å². The number of benzene rings is 3. The van der Waals surface area contributed by atoms with Crippen LogP contribution in [0.4, 0.5) is 5.82 Å². The van der Waals surface area contributed by atoms with E-state index in [1.54, 1.807) is 88.5 Å². The Morgan fingerprint density at radius 1 is 0.542 bits per heavy atom. The minimum absolute atomic E-state index is 0.215. The Kier molecular flexibility index (Phi) is 14.9. The van der Waals surface area contributed by atoms with Crippen LogP contribution in [0.2, 0.25) is 25.6 Å². The van der Waals surface area contributed by atoms with E-state index < -0.39 is 0 Å². The quantitative estimate of drug-likeness (QED) is 0.123. The second kappa shape index (κ2) is 20.8. The van der Waals surface area contributed by atoms with Gasteiger partial charge in [-0.05, 0) is 84.9 Å². The van der Waals surface area contributed by atoms with Crippen molar-refractivity contribution in [3.8, 4) is 34.0 Å². The first kappa shape index (κ1) is 42.2. The van der Waals surface area contributed by atoms with Crippen LogP contribution in [0.25, 0.3) is 45.1 Å². The van der Waals surface area contributed by atoms with Crippen molar-refractivity contribution in [3.05, 3.63) is 182 Å². The number of fused-ring (bicyclic) bond motifs is 1. The largest absolute Gasteiger partial charge is 0.307 e. The zero-order valence-electron chi connectivity index (χ0n) is 30.1. The number of hydrogen-bond donors (Lipinski definition) is 2. The smallest absolute Gasteiger partial charge is 0.269 e. The molecule has 9 aromatic rings. The van der Waals surface area contributed by atoms with E-state index in [9.17, 15) is 4.79 Å². The molecule has 3 N–H and O–H groups in total. The van der Waals surface area contributed by atoms with Gasteiger partial charge in [-0.3, -0.25) is 9.36 Å². The highest BCUT2D eigenvalue weighted by atomic mass is 35.5. The lowest BCUT2D eigenvalue weighted by molar-refractivity contribution is 0.888. The summed E-state index contributed by atoms with van der Waals surface area (Å²) in [5.41, 5.74) is 6.52. The first-order chi connectivity index (χ1) is 28.7. The lowest BCUT2D eigenvalue weighted by Crippen LogP contribution is -2.22. The molecule has 0 saturated heterocycles. The average Bonchev–Trinajstić information content (AvgIpc) is 3.72. The van der Waals surface area contributed by atoms with Gasteiger partial charge in [-0.25, -0.2) is 15.5 Å². The van der Waals surface area contributed by atoms with Gasteiger partial charge < -0.3 is 5.43 Å². The summed E-state index contributed by atoms with van der Waals surface area (Å²) in [6.07, 6.45) is 4.77. The van der Waals surface area contributed by atoms with Gasteiger partial charge >= 0.3 is 0 Å². The van der Waals surface area contributed by atoms with Gasteiger partial charge in [0.2, 0.25) is 0 Å². The molecule has 0 radical (unpaired) electrons. The highest BCUT2D eigenvalue weighted by Gasteiger charge is 2.19. The fourth-order valence-electron chi connectivity index (χ4n) is 4.97. The van der Waals surface area contributed by atoms with Crippen LogP contribution in [0.5, 0.6) is 0 Å². The lowest BCUT2D eigenvalue weighted by atomic mass is 10.1. The van der Waals surface area contributed by atoms with Crippen molar-refractivity contribution in [1.29, 1.82) is 0 Å². The summed E-state index contributed by atoms with van der Waals surface area (Å²) in [7, 11) is 0. The average molecular weight is 885 g/mol. The fraction of sp³-hybridized carbons (Fsp3) is 0. The van der Waals surface area contributed by atoms with Crippen molar-refractivity contribution in [3.63, 3.8) is 0 Å². The zero-order chi connectivity index (χ0) is 41.6. The molecule has 0 aliphatic carbocycles. The molecule has 0 amide bonds. The van der Waals surface area contributed by atoms with Crippen LogP contribution in [-0.4, -0.2) is 60.1 Å². The molecule has 15 nitrogen and oxygen atoms in total. The van der Waals surface area contributed by atoms with Crippen molar-refractivity contribution in [2.45, 2.75) is 0 Å². The lowest BCUT2D eigenvalue weighted by Gasteiger charge is -2.14. The molecule has 0 atom stereocenters. The van der Waals surface area contributed by atoms with Crippen LogP contribution in [-0.2, 0) is 0 Å². The monoisotopic (exact) mass is 882 g/mol. The standard InChI is InChI=1S/C27H17ClN6O.C4H2Cl2N2.C4H5ClN4.C4H3ClN2/c28-20-12-14-21(15-13-20)33-25(19-10-8-18(9-11-19)24-7-4-16-29-32-24)31-26-23(27(33)35)17-30-34(26)22-5-2-1-3-6-22;5-3-1-2-4(6)8-7-3;5-3-1-2-4(7-6)9-8-3;5-4-2-1-3-6-7-4/h1-17H;1-2H;1-2H,6H2,(H,7,9);1-3H. The molecule has 0 spiro atoms. The fourth-order valence-corrected chi connectivity index (χ4v) is 5.51. The van der Waals surface area contributed by atoms with Gasteiger partial charge in [-0.1, -0.05) is 100 Å². The molecule has 0 unspecified atom stereocenters. The highest BCUT2D eigenvalue weighted by Crippen LogP contribution is 2.26. The van der Waals surface area contributed by atoms with Gasteiger partial charge in [0.05, 0.1) is 23.3 Å². The Hall–Kier alpha value is -6.46. The van der Waals surface area contributed by atoms with Crippen molar-refractivity contribution < 1.29 is 0 Å². The van der Waals surface area contributed by atoms with E-state index >= 15 is 0 Å². The number of anilines is 1. The van der Waals surface area contributed by atoms with Crippen molar-refractivity contribution in [1.82, 2.24) is 60.1 Å². The number of halogens is 5. The van der Waals surface area contributed by atoms with E-state index in [1.807, 2.05) is 66.7 Å². The normalized spacial score (nSPS) is 10.3. The molecule has 20 heteroatoms. The van der Waals surface area contributed by atoms with E-state index in [0.717, 1.165) is 22.5 Å². The third-order valence-corrected chi connectivity index (χ3v) is 8.68. The highest BCUT2D eigenvalue weighted by molar-refractivity contribution is 6.31. The van der Waals surface area contributed by atoms with Crippen molar-refractivity contribution in [2.75, 3.05) is 5.43 Å². The number of hydrogen-bond acceptors (Lipinski definition) is 13. The molecule has 6 heterocycles. The van der Waals surface area contributed by atoms with Gasteiger partial charge in [-0.2, -0.15) is 20.4 Å². The van der Waals surface area contributed by atoms with Crippen molar-refractivity contribution in [2.24, 2.45) is 5.84 Å². The van der Waals surface area contributed by atoms with Crippen LogP contribution in [0.3, 0.4) is 0 Å². The van der Waals surface area contributed by atoms with Crippen LogP contribution in [0.1, 0.15) is 0 Å². The molecule has 9 rings (SSSR count). The molecule has 0 fully saturated rings. The van der Waals surface area contributed by atoms with Crippen LogP contribution >= 0.6 is 58.0 Å². The molecule has 59 heavy (non-hydrogen) atoms. The third-order valence-electron chi connectivity index (χ3n) is 7.62. The number of nitrogens with one attached hydrogen (secondary N) is 1. The summed E-state index contributed by atoms with van der Waals surface area (Å²) in [6, 6.07) is 38.0. The predicted molar refractivity (Wildman–Crippen MR) is 230 cm³/mol. The summed E-state index contributed by atoms with van der Waals surface area (Å²) in [5, 5.41) is 36.1. The SMILES string of the molecule is Clc1ccc(Cl)nn1.Clc1cccnn1.NNc1ccc(Cl)nn1.O=c1c2cnn(-c3ccccc3)c2nc(-c2ccc(-c3cccnn3)cc2)n1-c1ccc(Cl)cc1. The first-order valence-electron chi connectivity index (χ1n) is 16.9. The van der Waals surface area contributed by atoms with Crippen LogP contribution in [0, 0.1) is 0 Å². The second-order valence-corrected chi connectivity index (χ2v) is 13.5. The Bertz CT molecular complexity index is 2730. The molecule has 0 saturated carbocycles. The van der Waals surface area contributed by atoms with Crippen LogP contribution in [0.15, 0.2) is 151 Å². The van der Waals surface area contributed by atoms with Crippen molar-refractivity contribution >= 4 is 74.9 Å². The Balaban J connectivity index is 0.000000195. The summed E-state index contributed by atoms with van der Waals surface area (Å²) in [5.74, 6) is 6.00. The number of nitrogens with zero attached hydrogens (tertiary/aromatic N) is 12. The summed E-state index contributed by atoms with van der Waals surface area (Å²) < 4.78 is 3.27. The van der Waals surface area contributed by atoms with Gasteiger partial charge in [0.25, 0.3) is 5.56 Å². The predicted octanol–water partition coefficient (Wildman–Crippen LogP) is 8.68. The minimum atomic E-state index is -0.215. The molecule has 6 aromatic heterocycles. The summed E-state index contributed by atoms with van der Waals surface area (Å²) in [4.78, 5) is 18.7. The molecule has 3 aromatic carbocycles. The number of nitrogen functional groups attached to an aromatic ring is 1. The maximum atomic E-state index is 13.8. The van der Waals surface area contributed by atoms with Crippen LogP contribution < -0.4 is 16.8 Å². The summed E-state index contributed by atoms with van der Waals surface area (Å²) in [6.45, 7) is 0. The molecular formula is C39H27Cl5N14O. The zero-order valence-corrected chi connectivity index (χ0v) is 33.9. The minimum Gasteiger partial charge on any atom is -0.307 e. The maximum absolute atomic E-state index is 13.8. The third kappa shape index (κ3) is 11.6. The van der Waals surface area contributed by atoms with E-state index in [4.69, 9.17) is 68.8 Å². The maximum Gasteiger partial charge on any atom is 0.269 e. The number of para-hydroxylation sites is 1. The molecular weight excluding hydrogens is 858 g/mol. The number of aromatic nitrogens is 12. The van der Waals surface area contributed by atoms with E-state index in [2.05, 4.69) is 51.3 Å². The Labute approximate surface area is 360 Å². The molecule has 0 aliphatic heterocycles. The molecule has 294 valence electrons. The Morgan fingerprint density at radius 3 is 1.66 bits per heavy atom. The molecule has 0 aliphatic rings. The first-order valence-corrected chi connectivity index (χ1v) is 18.8. The van der Waals surface area contributed by atoms with E-state index in [0.29, 0.717) is 54.0 Å². The van der Waals surface area contributed by atoms with Gasteiger partial charge in [-0.15, -0.1) is 25.5 Å². The van der Waals surface area contributed by atoms with Gasteiger partial charge in [0.1, 0.15) is 11.2 Å². The summed E-state index contributed by atoms with van der Waals surface area (Å²) >= 11 is 27.7. The van der Waals surface area contributed by atoms with Gasteiger partial charge in [0, 0.05) is 28.5 Å². The second-order valence-electron chi connectivity index (χ2n) is 11.5. The van der Waals surface area contributed by atoms with Gasteiger partial charge in [0.15, 0.2) is 32.1 Å². The van der Waals surface area contributed by atoms with E-state index in [-0.39, 0.29) is 5.56 Å². The number of nitrogens with two attached hydrogens (primary N) is 1. The number of hydrazine groups is 1. The van der Waals surface area contributed by atoms with E-state index in [1.165, 1.54) is 0 Å². The number of rotatable bonds is 5. The molecule has 0 bridgehead atoms. The Morgan fingerprint density at radius 2 is 1.14 bits per heavy atom.